The van der Waals surface area contributed by atoms with Gasteiger partial charge in [-0.15, -0.1) is 0 Å². The highest BCUT2D eigenvalue weighted by molar-refractivity contribution is 5.97. The number of carbonyl (C=O) groups excluding carboxylic acids is 1. The van der Waals surface area contributed by atoms with Crippen molar-refractivity contribution < 1.29 is 4.79 Å². The van der Waals surface area contributed by atoms with Gasteiger partial charge < -0.3 is 15.2 Å². The maximum atomic E-state index is 12.5. The molecule has 3 aromatic rings. The smallest absolute Gasteiger partial charge is 0.267 e. The van der Waals surface area contributed by atoms with E-state index >= 15 is 0 Å². The summed E-state index contributed by atoms with van der Waals surface area (Å²) >= 11 is 0. The summed E-state index contributed by atoms with van der Waals surface area (Å²) in [7, 11) is 0. The molecule has 2 aromatic heterocycles. The Balaban J connectivity index is 1.23. The Labute approximate surface area is 159 Å². The van der Waals surface area contributed by atoms with Crippen LogP contribution in [0.2, 0.25) is 0 Å². The van der Waals surface area contributed by atoms with Crippen LogP contribution in [-0.2, 0) is 6.54 Å². The van der Waals surface area contributed by atoms with E-state index in [0.717, 1.165) is 50.0 Å². The minimum Gasteiger partial charge on any atom is -0.351 e. The number of benzene rings is 1. The van der Waals surface area contributed by atoms with Gasteiger partial charge in [-0.25, -0.2) is 0 Å². The first kappa shape index (κ1) is 17.8. The van der Waals surface area contributed by atoms with E-state index in [1.165, 1.54) is 12.8 Å². The van der Waals surface area contributed by atoms with Crippen molar-refractivity contribution in [3.05, 3.63) is 54.5 Å². The number of piperidine rings is 1. The minimum atomic E-state index is -0.0120. The SMILES string of the molecule is O=C(NCC1CCCN(CCCn2cccn2)C1)c1cc2ccccc2[nH]1. The second-order valence-electron chi connectivity index (χ2n) is 7.41. The van der Waals surface area contributed by atoms with Gasteiger partial charge in [-0.3, -0.25) is 9.48 Å². The monoisotopic (exact) mass is 365 g/mol. The molecule has 0 aliphatic carbocycles. The molecular formula is C21H27N5O. The Bertz CT molecular complexity index is 837. The van der Waals surface area contributed by atoms with Gasteiger partial charge in [-0.05, 0) is 56.5 Å². The molecule has 27 heavy (non-hydrogen) atoms. The first-order valence-electron chi connectivity index (χ1n) is 9.84. The fraction of sp³-hybridized carbons (Fsp3) is 0.429. The number of aromatic nitrogens is 3. The van der Waals surface area contributed by atoms with Crippen molar-refractivity contribution in [2.45, 2.75) is 25.8 Å². The number of hydrogen-bond acceptors (Lipinski definition) is 3. The molecule has 4 rings (SSSR count). The zero-order valence-electron chi connectivity index (χ0n) is 15.6. The second kappa shape index (κ2) is 8.39. The molecule has 6 nitrogen and oxygen atoms in total. The number of amides is 1. The van der Waals surface area contributed by atoms with E-state index in [-0.39, 0.29) is 5.91 Å². The van der Waals surface area contributed by atoms with Crippen molar-refractivity contribution in [2.24, 2.45) is 5.92 Å². The lowest BCUT2D eigenvalue weighted by Crippen LogP contribution is -2.41. The van der Waals surface area contributed by atoms with Crippen molar-refractivity contribution in [1.82, 2.24) is 25.0 Å². The van der Waals surface area contributed by atoms with Crippen LogP contribution in [0, 0.1) is 5.92 Å². The third-order valence-corrected chi connectivity index (χ3v) is 5.35. The molecule has 1 aliphatic heterocycles. The molecule has 0 spiro atoms. The van der Waals surface area contributed by atoms with E-state index in [1.54, 1.807) is 0 Å². The number of aromatic amines is 1. The molecule has 3 heterocycles. The zero-order valence-corrected chi connectivity index (χ0v) is 15.6. The lowest BCUT2D eigenvalue weighted by molar-refractivity contribution is 0.0927. The Hall–Kier alpha value is -2.60. The molecular weight excluding hydrogens is 338 g/mol. The second-order valence-corrected chi connectivity index (χ2v) is 7.41. The summed E-state index contributed by atoms with van der Waals surface area (Å²) in [5.41, 5.74) is 1.65. The molecule has 2 N–H and O–H groups in total. The van der Waals surface area contributed by atoms with Crippen LogP contribution in [0.4, 0.5) is 0 Å². The van der Waals surface area contributed by atoms with Gasteiger partial charge in [-0.2, -0.15) is 5.10 Å². The number of nitrogens with one attached hydrogen (secondary N) is 2. The molecule has 1 aliphatic rings. The summed E-state index contributed by atoms with van der Waals surface area (Å²) < 4.78 is 1.99. The number of carbonyl (C=O) groups is 1. The van der Waals surface area contributed by atoms with Crippen LogP contribution in [0.3, 0.4) is 0 Å². The molecule has 142 valence electrons. The number of aryl methyl sites for hydroxylation is 1. The van der Waals surface area contributed by atoms with Gasteiger partial charge in [0.2, 0.25) is 0 Å². The van der Waals surface area contributed by atoms with Crippen LogP contribution in [-0.4, -0.2) is 51.8 Å². The lowest BCUT2D eigenvalue weighted by Gasteiger charge is -2.32. The van der Waals surface area contributed by atoms with E-state index in [2.05, 4.69) is 20.3 Å². The van der Waals surface area contributed by atoms with Gasteiger partial charge in [0.1, 0.15) is 5.69 Å². The summed E-state index contributed by atoms with van der Waals surface area (Å²) in [6.45, 7) is 5.01. The fourth-order valence-electron chi connectivity index (χ4n) is 3.94. The van der Waals surface area contributed by atoms with E-state index in [1.807, 2.05) is 53.5 Å². The normalized spacial score (nSPS) is 18.0. The highest BCUT2D eigenvalue weighted by Gasteiger charge is 2.20. The van der Waals surface area contributed by atoms with Gasteiger partial charge in [0.05, 0.1) is 0 Å². The summed E-state index contributed by atoms with van der Waals surface area (Å²) in [5, 5.41) is 8.45. The summed E-state index contributed by atoms with van der Waals surface area (Å²) in [4.78, 5) is 18.2. The van der Waals surface area contributed by atoms with Gasteiger partial charge in [0.15, 0.2) is 0 Å². The van der Waals surface area contributed by atoms with Crippen LogP contribution in [0.1, 0.15) is 29.8 Å². The molecule has 0 bridgehead atoms. The van der Waals surface area contributed by atoms with Crippen molar-refractivity contribution in [3.63, 3.8) is 0 Å². The quantitative estimate of drug-likeness (QED) is 0.677. The van der Waals surface area contributed by atoms with E-state index in [0.29, 0.717) is 11.6 Å². The van der Waals surface area contributed by atoms with Crippen LogP contribution in [0.25, 0.3) is 10.9 Å². The molecule has 1 fully saturated rings. The number of fused-ring (bicyclic) bond motifs is 1. The molecule has 1 saturated heterocycles. The van der Waals surface area contributed by atoms with Crippen molar-refractivity contribution in [3.8, 4) is 0 Å². The van der Waals surface area contributed by atoms with Crippen LogP contribution in [0.5, 0.6) is 0 Å². The predicted molar refractivity (Wildman–Crippen MR) is 107 cm³/mol. The van der Waals surface area contributed by atoms with Gasteiger partial charge in [0, 0.05) is 42.9 Å². The maximum absolute atomic E-state index is 12.5. The average molecular weight is 365 g/mol. The Morgan fingerprint density at radius 3 is 3.04 bits per heavy atom. The number of rotatable bonds is 7. The van der Waals surface area contributed by atoms with Crippen molar-refractivity contribution in [1.29, 1.82) is 0 Å². The molecule has 0 saturated carbocycles. The standard InChI is InChI=1S/C21H27N5O/c27-21(20-14-18-7-1-2-8-19(18)24-20)22-15-17-6-3-10-25(16-17)11-5-13-26-12-4-9-23-26/h1-2,4,7-9,12,14,17,24H,3,5-6,10-11,13,15-16H2,(H,22,27). The zero-order chi connectivity index (χ0) is 18.5. The Kier molecular flexibility index (Phi) is 5.53. The van der Waals surface area contributed by atoms with Gasteiger partial charge >= 0.3 is 0 Å². The third-order valence-electron chi connectivity index (χ3n) is 5.35. The number of para-hydroxylation sites is 1. The number of nitrogens with zero attached hydrogens (tertiary/aromatic N) is 3. The van der Waals surface area contributed by atoms with Crippen molar-refractivity contribution in [2.75, 3.05) is 26.2 Å². The molecule has 6 heteroatoms. The molecule has 1 aromatic carbocycles. The largest absolute Gasteiger partial charge is 0.351 e. The molecule has 1 amide bonds. The Morgan fingerprint density at radius 2 is 2.19 bits per heavy atom. The first-order chi connectivity index (χ1) is 13.3. The first-order valence-corrected chi connectivity index (χ1v) is 9.84. The minimum absolute atomic E-state index is 0.0120. The predicted octanol–water partition coefficient (Wildman–Crippen LogP) is 2.90. The average Bonchev–Trinajstić information content (AvgIpc) is 3.36. The maximum Gasteiger partial charge on any atom is 0.267 e. The fourth-order valence-corrected chi connectivity index (χ4v) is 3.94. The number of likely N-dealkylation sites (tertiary alicyclic amines) is 1. The van der Waals surface area contributed by atoms with E-state index < -0.39 is 0 Å². The lowest BCUT2D eigenvalue weighted by atomic mass is 9.98. The Morgan fingerprint density at radius 1 is 1.26 bits per heavy atom. The van der Waals surface area contributed by atoms with E-state index in [4.69, 9.17) is 0 Å². The molecule has 1 atom stereocenters. The molecule has 1 unspecified atom stereocenters. The third kappa shape index (κ3) is 4.57. The highest BCUT2D eigenvalue weighted by Crippen LogP contribution is 2.17. The number of hydrogen-bond donors (Lipinski definition) is 2. The van der Waals surface area contributed by atoms with Gasteiger partial charge in [0.25, 0.3) is 5.91 Å². The van der Waals surface area contributed by atoms with Crippen LogP contribution < -0.4 is 5.32 Å². The van der Waals surface area contributed by atoms with Crippen LogP contribution >= 0.6 is 0 Å². The van der Waals surface area contributed by atoms with Gasteiger partial charge in [-0.1, -0.05) is 18.2 Å². The van der Waals surface area contributed by atoms with Crippen LogP contribution in [0.15, 0.2) is 48.8 Å². The summed E-state index contributed by atoms with van der Waals surface area (Å²) in [6.07, 6.45) is 7.33. The topological polar surface area (TPSA) is 66.0 Å². The summed E-state index contributed by atoms with van der Waals surface area (Å²) in [5.74, 6) is 0.513. The molecule has 0 radical (unpaired) electrons. The summed E-state index contributed by atoms with van der Waals surface area (Å²) in [6, 6.07) is 11.9. The van der Waals surface area contributed by atoms with Crippen molar-refractivity contribution >= 4 is 16.8 Å². The highest BCUT2D eigenvalue weighted by atomic mass is 16.1. The number of H-pyrrole nitrogens is 1. The van der Waals surface area contributed by atoms with E-state index in [9.17, 15) is 4.79 Å².